The quantitative estimate of drug-likeness (QED) is 0.305. The van der Waals surface area contributed by atoms with E-state index in [9.17, 15) is 22.0 Å². The Morgan fingerprint density at radius 1 is 1.30 bits per heavy atom. The molecule has 0 aromatic carbocycles. The van der Waals surface area contributed by atoms with Gasteiger partial charge in [-0.2, -0.15) is 17.6 Å². The molecule has 1 aliphatic rings. The number of halogens is 5. The zero-order valence-electron chi connectivity index (χ0n) is 4.25. The van der Waals surface area contributed by atoms with Crippen LogP contribution >= 0.6 is 0 Å². The van der Waals surface area contributed by atoms with E-state index in [1.165, 1.54) is 0 Å². The minimum absolute atomic E-state index is 1.70. The van der Waals surface area contributed by atoms with Crippen LogP contribution in [0.2, 0.25) is 0 Å². The van der Waals surface area contributed by atoms with Crippen molar-refractivity contribution in [3.8, 4) is 0 Å². The van der Waals surface area contributed by atoms with Gasteiger partial charge in [-0.25, -0.2) is 0 Å². The first-order valence-electron chi connectivity index (χ1n) is 2.04. The van der Waals surface area contributed by atoms with Gasteiger partial charge in [0.2, 0.25) is 0 Å². The number of nitrogens with zero attached hydrogens (tertiary/aromatic N) is 1. The third-order valence-corrected chi connectivity index (χ3v) is 0.818. The normalized spacial score (nSPS) is 25.3. The fraction of sp³-hybridized carbons (Fsp3) is 0.333. The third kappa shape index (κ3) is 0.737. The predicted molar refractivity (Wildman–Crippen MR) is 18.2 cm³/mol. The highest BCUT2D eigenvalue weighted by Crippen LogP contribution is 2.39. The number of hydroxylamine groups is 1. The number of hydrogen-bond acceptors (Lipinski definition) is 2. The summed E-state index contributed by atoms with van der Waals surface area (Å²) in [6.45, 7) is 0. The average molecular weight is 161 g/mol. The molecule has 0 aromatic heterocycles. The van der Waals surface area contributed by atoms with Crippen LogP contribution in [0.5, 0.6) is 0 Å². The number of alkyl halides is 2. The summed E-state index contributed by atoms with van der Waals surface area (Å²) in [7, 11) is 0. The van der Waals surface area contributed by atoms with Crippen molar-refractivity contribution in [1.29, 1.82) is 0 Å². The van der Waals surface area contributed by atoms with Gasteiger partial charge >= 0.3 is 12.1 Å². The lowest BCUT2D eigenvalue weighted by Gasteiger charge is -2.09. The topological polar surface area (TPSA) is 12.5 Å². The summed E-state index contributed by atoms with van der Waals surface area (Å²) >= 11 is 0. The summed E-state index contributed by atoms with van der Waals surface area (Å²) in [6.07, 6.45) is 0. The molecule has 58 valence electrons. The van der Waals surface area contributed by atoms with Crippen molar-refractivity contribution in [2.75, 3.05) is 0 Å². The highest BCUT2D eigenvalue weighted by atomic mass is 19.3. The second-order valence-electron chi connectivity index (χ2n) is 1.47. The van der Waals surface area contributed by atoms with Crippen LogP contribution < -0.4 is 0 Å². The van der Waals surface area contributed by atoms with E-state index in [0.29, 0.717) is 0 Å². The van der Waals surface area contributed by atoms with Crippen LogP contribution in [0.3, 0.4) is 0 Å². The highest BCUT2D eigenvalue weighted by Gasteiger charge is 2.55. The van der Waals surface area contributed by atoms with Crippen LogP contribution in [0.1, 0.15) is 0 Å². The second-order valence-corrected chi connectivity index (χ2v) is 1.47. The number of rotatable bonds is 0. The Bertz CT molecular complexity index is 189. The van der Waals surface area contributed by atoms with E-state index in [2.05, 4.69) is 4.84 Å². The Balaban J connectivity index is 2.94. The number of hydrogen-bond donors (Lipinski definition) is 0. The molecule has 0 aliphatic carbocycles. The standard InChI is InChI=1S/C3F5NO/c4-1-2(5)10-9(8)3(1,6)7. The smallest absolute Gasteiger partial charge is 0.336 e. The Labute approximate surface area is 51.4 Å². The molecule has 0 saturated heterocycles. The van der Waals surface area contributed by atoms with Gasteiger partial charge in [-0.15, -0.1) is 0 Å². The minimum Gasteiger partial charge on any atom is -0.336 e. The molecule has 0 N–H and O–H groups in total. The van der Waals surface area contributed by atoms with Gasteiger partial charge in [0.25, 0.3) is 5.83 Å². The lowest BCUT2D eigenvalue weighted by atomic mass is 10.5. The molecule has 10 heavy (non-hydrogen) atoms. The summed E-state index contributed by atoms with van der Waals surface area (Å²) in [5.41, 5.74) is 0. The van der Waals surface area contributed by atoms with Gasteiger partial charge in [-0.1, -0.05) is 4.48 Å². The maximum Gasteiger partial charge on any atom is 0.421 e. The molecular weight excluding hydrogens is 161 g/mol. The first-order valence-corrected chi connectivity index (χ1v) is 2.04. The molecule has 0 aromatic rings. The van der Waals surface area contributed by atoms with E-state index in [-0.39, 0.29) is 0 Å². The fourth-order valence-corrected chi connectivity index (χ4v) is 0.363. The van der Waals surface area contributed by atoms with Gasteiger partial charge in [0.05, 0.1) is 0 Å². The molecule has 1 rings (SSSR count). The molecule has 0 atom stereocenters. The first kappa shape index (κ1) is 7.26. The average Bonchev–Trinajstić information content (AvgIpc) is 1.97. The lowest BCUT2D eigenvalue weighted by Crippen LogP contribution is -2.29. The van der Waals surface area contributed by atoms with E-state index in [1.807, 2.05) is 0 Å². The first-order chi connectivity index (χ1) is 4.46. The van der Waals surface area contributed by atoms with E-state index in [4.69, 9.17) is 0 Å². The van der Waals surface area contributed by atoms with Crippen molar-refractivity contribution in [3.63, 3.8) is 0 Å². The van der Waals surface area contributed by atoms with Gasteiger partial charge in [0, 0.05) is 0 Å². The van der Waals surface area contributed by atoms with Crippen LogP contribution in [-0.4, -0.2) is 11.3 Å². The second kappa shape index (κ2) is 1.82. The molecule has 0 saturated carbocycles. The molecular formula is C3F5NO. The minimum atomic E-state index is -4.63. The SMILES string of the molecule is FC1=C(F)C(F)(F)N(F)O1. The zero-order chi connectivity index (χ0) is 7.94. The van der Waals surface area contributed by atoms with Gasteiger partial charge in [0.15, 0.2) is 0 Å². The zero-order valence-corrected chi connectivity index (χ0v) is 4.25. The fourth-order valence-electron chi connectivity index (χ4n) is 0.363. The largest absolute Gasteiger partial charge is 0.421 e. The molecule has 1 aliphatic heterocycles. The van der Waals surface area contributed by atoms with Gasteiger partial charge in [-0.3, -0.25) is 0 Å². The van der Waals surface area contributed by atoms with Crippen LogP contribution in [0.15, 0.2) is 11.8 Å². The molecule has 0 fully saturated rings. The van der Waals surface area contributed by atoms with E-state index in [0.717, 1.165) is 0 Å². The summed E-state index contributed by atoms with van der Waals surface area (Å²) in [4.78, 5) is 2.94. The van der Waals surface area contributed by atoms with Crippen LogP contribution in [-0.2, 0) is 4.84 Å². The molecule has 0 amide bonds. The summed E-state index contributed by atoms with van der Waals surface area (Å²) in [6, 6.07) is -6.89. The monoisotopic (exact) mass is 161 g/mol. The predicted octanol–water partition coefficient (Wildman–Crippen LogP) is 1.82. The summed E-state index contributed by atoms with van der Waals surface area (Å²) < 4.78 is 58.3. The molecule has 0 radical (unpaired) electrons. The Hall–Kier alpha value is -0.850. The molecule has 0 spiro atoms. The maximum absolute atomic E-state index is 11.7. The van der Waals surface area contributed by atoms with Gasteiger partial charge in [0.1, 0.15) is 5.29 Å². The molecule has 0 bridgehead atoms. The van der Waals surface area contributed by atoms with Crippen molar-refractivity contribution in [2.45, 2.75) is 6.05 Å². The Morgan fingerprint density at radius 3 is 1.90 bits per heavy atom. The summed E-state index contributed by atoms with van der Waals surface area (Å²) in [5.74, 6) is -2.56. The van der Waals surface area contributed by atoms with E-state index < -0.39 is 23.2 Å². The van der Waals surface area contributed by atoms with E-state index in [1.54, 1.807) is 0 Å². The highest BCUT2D eigenvalue weighted by molar-refractivity contribution is 5.06. The van der Waals surface area contributed by atoms with Gasteiger partial charge < -0.3 is 4.84 Å². The van der Waals surface area contributed by atoms with Crippen molar-refractivity contribution >= 4 is 0 Å². The van der Waals surface area contributed by atoms with E-state index >= 15 is 0 Å². The Morgan fingerprint density at radius 2 is 1.80 bits per heavy atom. The van der Waals surface area contributed by atoms with Crippen molar-refractivity contribution in [3.05, 3.63) is 11.8 Å². The van der Waals surface area contributed by atoms with Crippen LogP contribution in [0, 0.1) is 0 Å². The molecule has 0 unspecified atom stereocenters. The molecule has 7 heteroatoms. The van der Waals surface area contributed by atoms with Crippen molar-refractivity contribution in [1.82, 2.24) is 5.29 Å². The maximum atomic E-state index is 11.7. The van der Waals surface area contributed by atoms with Crippen molar-refractivity contribution in [2.24, 2.45) is 0 Å². The van der Waals surface area contributed by atoms with Gasteiger partial charge in [-0.05, 0) is 0 Å². The Kier molecular flexibility index (Phi) is 1.32. The lowest BCUT2D eigenvalue weighted by molar-refractivity contribution is -0.361. The molecule has 1 heterocycles. The summed E-state index contributed by atoms with van der Waals surface area (Å²) in [5, 5.41) is -1.70. The third-order valence-electron chi connectivity index (χ3n) is 0.818. The van der Waals surface area contributed by atoms with Crippen molar-refractivity contribution < 1.29 is 26.9 Å². The van der Waals surface area contributed by atoms with Crippen LogP contribution in [0.4, 0.5) is 22.0 Å². The van der Waals surface area contributed by atoms with Crippen LogP contribution in [0.25, 0.3) is 0 Å². The molecule has 2 nitrogen and oxygen atoms in total.